The first-order valence-electron chi connectivity index (χ1n) is 11.3. The van der Waals surface area contributed by atoms with E-state index < -0.39 is 17.0 Å². The van der Waals surface area contributed by atoms with Crippen molar-refractivity contribution in [2.75, 3.05) is 0 Å². The highest BCUT2D eigenvalue weighted by Crippen LogP contribution is 2.56. The molecule has 1 saturated carbocycles. The Kier molecular flexibility index (Phi) is 6.88. The molecule has 0 radical (unpaired) electrons. The summed E-state index contributed by atoms with van der Waals surface area (Å²) in [6.07, 6.45) is 4.29. The first-order valence-corrected chi connectivity index (χ1v) is 14.5. The van der Waals surface area contributed by atoms with Crippen molar-refractivity contribution in [3.63, 3.8) is 0 Å². The Bertz CT molecular complexity index is 1290. The third-order valence-electron chi connectivity index (χ3n) is 6.23. The highest BCUT2D eigenvalue weighted by molar-refractivity contribution is 7.97. The highest BCUT2D eigenvalue weighted by Gasteiger charge is 2.39. The van der Waals surface area contributed by atoms with E-state index in [0.29, 0.717) is 23.5 Å². The molecular weight excluding hydrogens is 447 g/mol. The standard InChI is InChI=1S/C28H29O3PS/c1-22-13-12-20-27(21-22)33(30,31)28(24-14-6-3-7-15-24)23(2)32(29,25-16-8-4-9-17-25)26-18-10-5-11-19-26/h4-5,8-13,16-21H,2-3,6-7,14-15H2,1H3. The predicted molar refractivity (Wildman–Crippen MR) is 137 cm³/mol. The Morgan fingerprint density at radius 3 is 1.85 bits per heavy atom. The minimum absolute atomic E-state index is 0.170. The Morgan fingerprint density at radius 1 is 0.788 bits per heavy atom. The van der Waals surface area contributed by atoms with E-state index in [0.717, 1.165) is 30.4 Å². The molecule has 0 aliphatic heterocycles. The van der Waals surface area contributed by atoms with Crippen LogP contribution in [0.5, 0.6) is 0 Å². The number of hydrogen-bond donors (Lipinski definition) is 0. The topological polar surface area (TPSA) is 51.2 Å². The van der Waals surface area contributed by atoms with E-state index in [1.165, 1.54) is 0 Å². The summed E-state index contributed by atoms with van der Waals surface area (Å²) in [5.41, 5.74) is 1.71. The van der Waals surface area contributed by atoms with Gasteiger partial charge >= 0.3 is 0 Å². The van der Waals surface area contributed by atoms with Gasteiger partial charge in [-0.05, 0) is 50.3 Å². The quantitative estimate of drug-likeness (QED) is 0.381. The molecule has 0 atom stereocenters. The normalized spacial score (nSPS) is 14.6. The molecule has 0 saturated heterocycles. The van der Waals surface area contributed by atoms with Gasteiger partial charge in [0.25, 0.3) is 0 Å². The zero-order chi connectivity index (χ0) is 23.5. The van der Waals surface area contributed by atoms with Crippen LogP contribution in [-0.4, -0.2) is 8.42 Å². The largest absolute Gasteiger partial charge is 0.309 e. The Hall–Kier alpha value is -2.68. The van der Waals surface area contributed by atoms with Gasteiger partial charge in [-0.1, -0.05) is 91.4 Å². The minimum atomic E-state index is -3.91. The molecule has 33 heavy (non-hydrogen) atoms. The van der Waals surface area contributed by atoms with Crippen molar-refractivity contribution in [2.24, 2.45) is 0 Å². The summed E-state index contributed by atoms with van der Waals surface area (Å²) in [6.45, 7) is 6.14. The SMILES string of the molecule is C=C(C(=C1CCCCC1)S(=O)(=O)c1cccc(C)c1)P(=O)(c1ccccc1)c1ccccc1. The van der Waals surface area contributed by atoms with Crippen molar-refractivity contribution >= 4 is 27.6 Å². The van der Waals surface area contributed by atoms with Crippen molar-refractivity contribution in [1.29, 1.82) is 0 Å². The summed E-state index contributed by atoms with van der Waals surface area (Å²) in [5.74, 6) is 0. The lowest BCUT2D eigenvalue weighted by Gasteiger charge is -2.27. The maximum absolute atomic E-state index is 14.9. The van der Waals surface area contributed by atoms with E-state index in [-0.39, 0.29) is 15.1 Å². The average molecular weight is 477 g/mol. The van der Waals surface area contributed by atoms with Gasteiger partial charge in [0.05, 0.1) is 9.80 Å². The third-order valence-corrected chi connectivity index (χ3v) is 11.4. The van der Waals surface area contributed by atoms with Crippen LogP contribution >= 0.6 is 7.14 Å². The van der Waals surface area contributed by atoms with Crippen LogP contribution in [0.25, 0.3) is 0 Å². The maximum Gasteiger partial charge on any atom is 0.207 e. The summed E-state index contributed by atoms with van der Waals surface area (Å²) in [5, 5.41) is 1.39. The molecule has 3 aromatic carbocycles. The van der Waals surface area contributed by atoms with Crippen LogP contribution < -0.4 is 10.6 Å². The monoisotopic (exact) mass is 476 g/mol. The van der Waals surface area contributed by atoms with Gasteiger partial charge in [0.2, 0.25) is 9.84 Å². The van der Waals surface area contributed by atoms with Crippen LogP contribution in [0.2, 0.25) is 0 Å². The molecular formula is C28H29O3PS. The number of aryl methyl sites for hydroxylation is 1. The Labute approximate surface area is 197 Å². The molecule has 1 aliphatic carbocycles. The van der Waals surface area contributed by atoms with Crippen molar-refractivity contribution < 1.29 is 13.0 Å². The zero-order valence-corrected chi connectivity index (χ0v) is 20.6. The number of sulfone groups is 1. The van der Waals surface area contributed by atoms with Crippen molar-refractivity contribution in [2.45, 2.75) is 43.9 Å². The van der Waals surface area contributed by atoms with Crippen LogP contribution in [-0.2, 0) is 14.4 Å². The van der Waals surface area contributed by atoms with E-state index in [1.54, 1.807) is 42.5 Å². The van der Waals surface area contributed by atoms with E-state index in [9.17, 15) is 13.0 Å². The maximum atomic E-state index is 14.9. The molecule has 0 aromatic heterocycles. The molecule has 170 valence electrons. The van der Waals surface area contributed by atoms with E-state index in [2.05, 4.69) is 6.58 Å². The van der Waals surface area contributed by atoms with Crippen LogP contribution in [0.4, 0.5) is 0 Å². The minimum Gasteiger partial charge on any atom is -0.309 e. The van der Waals surface area contributed by atoms with Crippen molar-refractivity contribution in [3.8, 4) is 0 Å². The average Bonchev–Trinajstić information content (AvgIpc) is 2.85. The Morgan fingerprint density at radius 2 is 1.33 bits per heavy atom. The van der Waals surface area contributed by atoms with Crippen molar-refractivity contribution in [3.05, 3.63) is 113 Å². The molecule has 0 unspecified atom stereocenters. The number of benzene rings is 3. The fraction of sp³-hybridized carbons (Fsp3) is 0.214. The lowest BCUT2D eigenvalue weighted by molar-refractivity contribution is 0.582. The summed E-state index contributed by atoms with van der Waals surface area (Å²) in [7, 11) is -7.41. The molecule has 3 nitrogen and oxygen atoms in total. The number of allylic oxidation sites excluding steroid dienone is 2. The molecule has 1 aliphatic rings. The third kappa shape index (κ3) is 4.55. The van der Waals surface area contributed by atoms with Gasteiger partial charge in [-0.15, -0.1) is 0 Å². The van der Waals surface area contributed by atoms with Crippen LogP contribution in [0.3, 0.4) is 0 Å². The lowest BCUT2D eigenvalue weighted by Crippen LogP contribution is -2.21. The number of hydrogen-bond acceptors (Lipinski definition) is 3. The van der Waals surface area contributed by atoms with E-state index in [4.69, 9.17) is 0 Å². The van der Waals surface area contributed by atoms with Crippen LogP contribution in [0, 0.1) is 6.92 Å². The predicted octanol–water partition coefficient (Wildman–Crippen LogP) is 6.51. The smallest absolute Gasteiger partial charge is 0.207 e. The zero-order valence-electron chi connectivity index (χ0n) is 18.9. The Balaban J connectivity index is 1.99. The van der Waals surface area contributed by atoms with Crippen molar-refractivity contribution in [1.82, 2.24) is 0 Å². The van der Waals surface area contributed by atoms with Gasteiger partial charge in [-0.3, -0.25) is 0 Å². The van der Waals surface area contributed by atoms with Gasteiger partial charge in [-0.25, -0.2) is 8.42 Å². The fourth-order valence-corrected chi connectivity index (χ4v) is 9.56. The van der Waals surface area contributed by atoms with Gasteiger partial charge in [0.15, 0.2) is 7.14 Å². The second-order valence-electron chi connectivity index (χ2n) is 8.54. The second kappa shape index (κ2) is 9.67. The summed E-state index contributed by atoms with van der Waals surface area (Å²) in [6, 6.07) is 25.2. The lowest BCUT2D eigenvalue weighted by atomic mass is 9.94. The summed E-state index contributed by atoms with van der Waals surface area (Å²) >= 11 is 0. The molecule has 5 heteroatoms. The van der Waals surface area contributed by atoms with Gasteiger partial charge in [0, 0.05) is 15.9 Å². The molecule has 0 amide bonds. The van der Waals surface area contributed by atoms with Gasteiger partial charge in [-0.2, -0.15) is 0 Å². The highest BCUT2D eigenvalue weighted by atomic mass is 32.2. The first-order chi connectivity index (χ1) is 15.8. The van der Waals surface area contributed by atoms with Crippen LogP contribution in [0.1, 0.15) is 37.7 Å². The fourth-order valence-electron chi connectivity index (χ4n) is 4.53. The summed E-state index contributed by atoms with van der Waals surface area (Å²) in [4.78, 5) is 0.397. The van der Waals surface area contributed by atoms with E-state index >= 15 is 0 Å². The molecule has 0 heterocycles. The molecule has 0 N–H and O–H groups in total. The van der Waals surface area contributed by atoms with Gasteiger partial charge < -0.3 is 4.57 Å². The molecule has 1 fully saturated rings. The summed E-state index contributed by atoms with van der Waals surface area (Å²) < 4.78 is 43.1. The molecule has 0 spiro atoms. The molecule has 4 rings (SSSR count). The van der Waals surface area contributed by atoms with Crippen LogP contribution in [0.15, 0.2) is 112 Å². The first kappa shape index (κ1) is 23.5. The van der Waals surface area contributed by atoms with Gasteiger partial charge in [0.1, 0.15) is 0 Å². The molecule has 3 aromatic rings. The van der Waals surface area contributed by atoms with E-state index in [1.807, 2.05) is 49.4 Å². The molecule has 0 bridgehead atoms. The number of rotatable bonds is 6. The second-order valence-corrected chi connectivity index (χ2v) is 13.2.